The van der Waals surface area contributed by atoms with E-state index in [1.54, 1.807) is 0 Å². The van der Waals surface area contributed by atoms with Gasteiger partial charge in [-0.25, -0.2) is 12.7 Å². The van der Waals surface area contributed by atoms with Crippen molar-refractivity contribution in [2.45, 2.75) is 58.2 Å². The van der Waals surface area contributed by atoms with E-state index in [0.717, 1.165) is 47.8 Å². The number of carboxylic acids is 1. The van der Waals surface area contributed by atoms with Gasteiger partial charge in [0.15, 0.2) is 0 Å². The fourth-order valence-electron chi connectivity index (χ4n) is 5.10. The monoisotopic (exact) mass is 460 g/mol. The first kappa shape index (κ1) is 23.1. The quantitative estimate of drug-likeness (QED) is 0.645. The highest BCUT2D eigenvalue weighted by molar-refractivity contribution is 7.89. The normalized spacial score (nSPS) is 20.0. The molecule has 2 aromatic rings. The van der Waals surface area contributed by atoms with Crippen molar-refractivity contribution in [1.29, 1.82) is 0 Å². The van der Waals surface area contributed by atoms with Crippen LogP contribution in [-0.2, 0) is 26.2 Å². The molecule has 1 unspecified atom stereocenters. The number of carboxylic acid groups (broad SMARTS) is 1. The first-order valence-electron chi connectivity index (χ1n) is 11.5. The van der Waals surface area contributed by atoms with Crippen molar-refractivity contribution >= 4 is 26.9 Å². The van der Waals surface area contributed by atoms with Crippen molar-refractivity contribution in [2.75, 3.05) is 18.8 Å². The molecule has 1 aromatic carbocycles. The summed E-state index contributed by atoms with van der Waals surface area (Å²) in [6.07, 6.45) is 4.81. The van der Waals surface area contributed by atoms with Crippen LogP contribution in [0.3, 0.4) is 0 Å². The average Bonchev–Trinajstić information content (AvgIpc) is 3.30. The number of hydrogen-bond acceptors (Lipinski definition) is 5. The van der Waals surface area contributed by atoms with Crippen molar-refractivity contribution in [3.05, 3.63) is 41.6 Å². The number of ether oxygens (including phenoxy) is 1. The third-order valence-electron chi connectivity index (χ3n) is 6.88. The van der Waals surface area contributed by atoms with E-state index < -0.39 is 21.9 Å². The summed E-state index contributed by atoms with van der Waals surface area (Å²) in [4.78, 5) is 16.3. The topological polar surface area (TPSA) is 96.8 Å². The molecule has 0 spiro atoms. The second-order valence-corrected chi connectivity index (χ2v) is 11.1. The van der Waals surface area contributed by atoms with E-state index >= 15 is 0 Å². The molecule has 2 fully saturated rings. The number of carbonyl (C=O) groups is 1. The van der Waals surface area contributed by atoms with Gasteiger partial charge in [0.2, 0.25) is 10.0 Å². The van der Waals surface area contributed by atoms with Crippen LogP contribution in [0.5, 0.6) is 0 Å². The predicted octanol–water partition coefficient (Wildman–Crippen LogP) is 3.75. The average molecular weight is 461 g/mol. The Morgan fingerprint density at radius 1 is 1.19 bits per heavy atom. The van der Waals surface area contributed by atoms with E-state index in [2.05, 4.69) is 4.98 Å². The van der Waals surface area contributed by atoms with Crippen molar-refractivity contribution < 1.29 is 23.1 Å². The van der Waals surface area contributed by atoms with Crippen molar-refractivity contribution in [3.8, 4) is 0 Å². The van der Waals surface area contributed by atoms with Crippen LogP contribution in [0.1, 0.15) is 49.8 Å². The van der Waals surface area contributed by atoms with Gasteiger partial charge in [-0.15, -0.1) is 0 Å². The Hall–Kier alpha value is -2.03. The molecule has 0 amide bonds. The second kappa shape index (κ2) is 9.85. The molecule has 1 N–H and O–H groups in total. The van der Waals surface area contributed by atoms with Gasteiger partial charge in [-0.05, 0) is 56.2 Å². The molecule has 32 heavy (non-hydrogen) atoms. The fraction of sp³-hybridized carbons (Fsp3) is 0.583. The summed E-state index contributed by atoms with van der Waals surface area (Å²) in [5.74, 6) is -2.11. The molecule has 2 aliphatic rings. The minimum atomic E-state index is -3.60. The standard InChI is InChI=1S/C24H32N2O5S/c1-17-14-19(21-8-4-5-9-23(21)25-17)15-31-20-10-12-26(13-11-20)32(29,30)16-22(24(27)28)18-6-2-3-7-18/h4-5,8-9,14,18,20,22H,2-3,6-7,10-13,15-16H2,1H3,(H,27,28). The Bertz CT molecular complexity index is 1060. The minimum absolute atomic E-state index is 0.0150. The highest BCUT2D eigenvalue weighted by Gasteiger charge is 2.37. The third-order valence-corrected chi connectivity index (χ3v) is 8.81. The van der Waals surface area contributed by atoms with Crippen LogP contribution >= 0.6 is 0 Å². The minimum Gasteiger partial charge on any atom is -0.481 e. The number of hydrogen-bond donors (Lipinski definition) is 1. The van der Waals surface area contributed by atoms with Crippen LogP contribution in [0.15, 0.2) is 30.3 Å². The van der Waals surface area contributed by atoms with Crippen LogP contribution in [0, 0.1) is 18.8 Å². The summed E-state index contributed by atoms with van der Waals surface area (Å²) < 4.78 is 33.5. The summed E-state index contributed by atoms with van der Waals surface area (Å²) in [5.41, 5.74) is 2.98. The van der Waals surface area contributed by atoms with E-state index in [0.29, 0.717) is 32.5 Å². The maximum atomic E-state index is 12.9. The third kappa shape index (κ3) is 5.30. The first-order valence-corrected chi connectivity index (χ1v) is 13.1. The van der Waals surface area contributed by atoms with Gasteiger partial charge in [-0.1, -0.05) is 31.0 Å². The molecule has 1 aliphatic carbocycles. The van der Waals surface area contributed by atoms with Crippen molar-refractivity contribution in [2.24, 2.45) is 11.8 Å². The molecule has 7 nitrogen and oxygen atoms in total. The Morgan fingerprint density at radius 2 is 1.88 bits per heavy atom. The highest BCUT2D eigenvalue weighted by Crippen LogP contribution is 2.33. The van der Waals surface area contributed by atoms with Gasteiger partial charge in [0, 0.05) is 24.2 Å². The van der Waals surface area contributed by atoms with Crippen molar-refractivity contribution in [1.82, 2.24) is 9.29 Å². The number of fused-ring (bicyclic) bond motifs is 1. The number of aromatic nitrogens is 1. The number of benzene rings is 1. The number of sulfonamides is 1. The fourth-order valence-corrected chi connectivity index (χ4v) is 6.95. The number of piperidine rings is 1. The molecule has 4 rings (SSSR count). The molecule has 0 bridgehead atoms. The molecular formula is C24H32N2O5S. The van der Waals surface area contributed by atoms with E-state index in [4.69, 9.17) is 4.74 Å². The van der Waals surface area contributed by atoms with Gasteiger partial charge < -0.3 is 9.84 Å². The number of nitrogens with zero attached hydrogens (tertiary/aromatic N) is 2. The van der Waals surface area contributed by atoms with Gasteiger partial charge in [0.1, 0.15) is 0 Å². The van der Waals surface area contributed by atoms with Crippen molar-refractivity contribution in [3.63, 3.8) is 0 Å². The summed E-state index contributed by atoms with van der Waals surface area (Å²) >= 11 is 0. The van der Waals surface area contributed by atoms with Crippen LogP contribution in [-0.4, -0.2) is 53.7 Å². The lowest BCUT2D eigenvalue weighted by Crippen LogP contribution is -2.44. The largest absolute Gasteiger partial charge is 0.481 e. The summed E-state index contributed by atoms with van der Waals surface area (Å²) in [6, 6.07) is 10.0. The second-order valence-electron chi connectivity index (χ2n) is 9.12. The molecule has 8 heteroatoms. The molecule has 1 saturated heterocycles. The van der Waals surface area contributed by atoms with Gasteiger partial charge in [-0.2, -0.15) is 0 Å². The Labute approximate surface area is 189 Å². The highest BCUT2D eigenvalue weighted by atomic mass is 32.2. The maximum Gasteiger partial charge on any atom is 0.307 e. The van der Waals surface area contributed by atoms with Gasteiger partial charge >= 0.3 is 5.97 Å². The van der Waals surface area contributed by atoms with Gasteiger partial charge in [-0.3, -0.25) is 9.78 Å². The zero-order chi connectivity index (χ0) is 22.7. The number of aryl methyl sites for hydroxylation is 1. The van der Waals surface area contributed by atoms with Gasteiger partial charge in [0.05, 0.1) is 29.9 Å². The lowest BCUT2D eigenvalue weighted by atomic mass is 9.93. The molecule has 2 heterocycles. The Morgan fingerprint density at radius 3 is 2.56 bits per heavy atom. The van der Waals surface area contributed by atoms with E-state index in [1.807, 2.05) is 37.3 Å². The zero-order valence-corrected chi connectivity index (χ0v) is 19.4. The molecule has 1 aliphatic heterocycles. The summed E-state index contributed by atoms with van der Waals surface area (Å²) in [6.45, 7) is 3.18. The van der Waals surface area contributed by atoms with Gasteiger partial charge in [0.25, 0.3) is 0 Å². The predicted molar refractivity (Wildman–Crippen MR) is 123 cm³/mol. The number of pyridine rings is 1. The van der Waals surface area contributed by atoms with E-state index in [9.17, 15) is 18.3 Å². The van der Waals surface area contributed by atoms with Crippen LogP contribution in [0.4, 0.5) is 0 Å². The molecule has 0 radical (unpaired) electrons. The Kier molecular flexibility index (Phi) is 7.12. The molecule has 1 atom stereocenters. The lowest BCUT2D eigenvalue weighted by Gasteiger charge is -2.32. The smallest absolute Gasteiger partial charge is 0.307 e. The van der Waals surface area contributed by atoms with Crippen LogP contribution in [0.2, 0.25) is 0 Å². The molecular weight excluding hydrogens is 428 g/mol. The van der Waals surface area contributed by atoms with Crippen LogP contribution in [0.25, 0.3) is 10.9 Å². The van der Waals surface area contributed by atoms with Crippen LogP contribution < -0.4 is 0 Å². The molecule has 1 aromatic heterocycles. The molecule has 1 saturated carbocycles. The Balaban J connectivity index is 1.33. The maximum absolute atomic E-state index is 12.9. The van der Waals surface area contributed by atoms with E-state index in [1.165, 1.54) is 4.31 Å². The number of para-hydroxylation sites is 1. The SMILES string of the molecule is Cc1cc(COC2CCN(S(=O)(=O)CC(C(=O)O)C3CCCC3)CC2)c2ccccc2n1. The lowest BCUT2D eigenvalue weighted by molar-refractivity contribution is -0.142. The zero-order valence-electron chi connectivity index (χ0n) is 18.6. The first-order chi connectivity index (χ1) is 15.3. The molecule has 174 valence electrons. The van der Waals surface area contributed by atoms with E-state index in [-0.39, 0.29) is 17.8 Å². The number of rotatable bonds is 8. The summed E-state index contributed by atoms with van der Waals surface area (Å²) in [7, 11) is -3.60. The number of aliphatic carboxylic acids is 1. The summed E-state index contributed by atoms with van der Waals surface area (Å²) in [5, 5.41) is 10.7.